The van der Waals surface area contributed by atoms with Gasteiger partial charge in [0.25, 0.3) is 0 Å². The van der Waals surface area contributed by atoms with E-state index in [2.05, 4.69) is 20.3 Å². The number of nitrogens with zero attached hydrogens (tertiary/aromatic N) is 3. The van der Waals surface area contributed by atoms with Gasteiger partial charge in [0, 0.05) is 11.7 Å². The van der Waals surface area contributed by atoms with Crippen molar-refractivity contribution in [3.05, 3.63) is 5.82 Å². The van der Waals surface area contributed by atoms with E-state index in [4.69, 9.17) is 10.9 Å². The Morgan fingerprint density at radius 1 is 1.79 bits per heavy atom. The molecular weight excluding hydrogens is 202 g/mol. The second kappa shape index (κ2) is 4.85. The molecule has 0 aliphatic heterocycles. The molecule has 0 aromatic carbocycles. The molecule has 14 heavy (non-hydrogen) atoms. The molecule has 4 N–H and O–H groups in total. The fourth-order valence-electron chi connectivity index (χ4n) is 0.932. The summed E-state index contributed by atoms with van der Waals surface area (Å²) in [6.07, 6.45) is 0.509. The second-order valence-electron chi connectivity index (χ2n) is 2.93. The number of rotatable bonds is 4. The highest BCUT2D eigenvalue weighted by Crippen LogP contribution is 2.20. The van der Waals surface area contributed by atoms with E-state index in [0.29, 0.717) is 11.6 Å². The Kier molecular flexibility index (Phi) is 3.75. The zero-order valence-electron chi connectivity index (χ0n) is 8.06. The summed E-state index contributed by atoms with van der Waals surface area (Å²) < 4.78 is 0. The van der Waals surface area contributed by atoms with Gasteiger partial charge in [0.2, 0.25) is 5.16 Å². The Labute approximate surface area is 86.0 Å². The molecule has 0 aliphatic rings. The van der Waals surface area contributed by atoms with Crippen molar-refractivity contribution in [3.8, 4) is 0 Å². The number of hydrogen-bond donors (Lipinski definition) is 3. The van der Waals surface area contributed by atoms with Crippen molar-refractivity contribution in [1.29, 1.82) is 0 Å². The van der Waals surface area contributed by atoms with Crippen molar-refractivity contribution >= 4 is 17.6 Å². The summed E-state index contributed by atoms with van der Waals surface area (Å²) in [7, 11) is 0. The molecule has 1 aromatic rings. The molecule has 0 aliphatic carbocycles. The van der Waals surface area contributed by atoms with Crippen LogP contribution < -0.4 is 5.73 Å². The summed E-state index contributed by atoms with van der Waals surface area (Å²) in [5, 5.41) is 18.9. The van der Waals surface area contributed by atoms with Crippen molar-refractivity contribution in [3.63, 3.8) is 0 Å². The fraction of sp³-hybridized carbons (Fsp3) is 0.571. The molecule has 0 fully saturated rings. The minimum atomic E-state index is 0.182. The number of H-pyrrole nitrogens is 1. The SMILES string of the molecule is Cc1nc(SC(C)C/C(N)=N/O)n[nH]1. The largest absolute Gasteiger partial charge is 0.409 e. The van der Waals surface area contributed by atoms with E-state index in [9.17, 15) is 0 Å². The maximum absolute atomic E-state index is 8.37. The Bertz CT molecular complexity index is 324. The van der Waals surface area contributed by atoms with Crippen LogP contribution in [-0.4, -0.2) is 31.5 Å². The van der Waals surface area contributed by atoms with Gasteiger partial charge >= 0.3 is 0 Å². The van der Waals surface area contributed by atoms with Crippen molar-refractivity contribution in [2.75, 3.05) is 0 Å². The molecule has 0 radical (unpaired) electrons. The molecule has 1 unspecified atom stereocenters. The number of aryl methyl sites for hydroxylation is 1. The number of oxime groups is 1. The number of aromatic nitrogens is 3. The molecule has 0 saturated heterocycles. The van der Waals surface area contributed by atoms with Crippen LogP contribution in [0.25, 0.3) is 0 Å². The smallest absolute Gasteiger partial charge is 0.208 e. The Morgan fingerprint density at radius 2 is 2.50 bits per heavy atom. The first-order valence-electron chi connectivity index (χ1n) is 4.14. The zero-order chi connectivity index (χ0) is 10.6. The lowest BCUT2D eigenvalue weighted by molar-refractivity contribution is 0.317. The molecule has 0 saturated carbocycles. The third kappa shape index (κ3) is 3.25. The molecule has 78 valence electrons. The minimum absolute atomic E-state index is 0.182. The highest BCUT2D eigenvalue weighted by atomic mass is 32.2. The third-order valence-electron chi connectivity index (χ3n) is 1.51. The monoisotopic (exact) mass is 215 g/mol. The highest BCUT2D eigenvalue weighted by molar-refractivity contribution is 7.99. The topological polar surface area (TPSA) is 100 Å². The van der Waals surface area contributed by atoms with Crippen molar-refractivity contribution in [2.24, 2.45) is 10.9 Å². The first kappa shape index (κ1) is 10.8. The predicted molar refractivity (Wildman–Crippen MR) is 54.5 cm³/mol. The van der Waals surface area contributed by atoms with E-state index in [1.807, 2.05) is 13.8 Å². The van der Waals surface area contributed by atoms with E-state index in [1.54, 1.807) is 0 Å². The van der Waals surface area contributed by atoms with Gasteiger partial charge in [-0.1, -0.05) is 23.8 Å². The normalized spacial score (nSPS) is 14.3. The van der Waals surface area contributed by atoms with Crippen LogP contribution in [0, 0.1) is 6.92 Å². The second-order valence-corrected chi connectivity index (χ2v) is 4.33. The zero-order valence-corrected chi connectivity index (χ0v) is 8.88. The average Bonchev–Trinajstić information content (AvgIpc) is 2.50. The van der Waals surface area contributed by atoms with Gasteiger partial charge in [-0.3, -0.25) is 5.10 Å². The van der Waals surface area contributed by atoms with Crippen LogP contribution in [0.4, 0.5) is 0 Å². The Morgan fingerprint density at radius 3 is 3.00 bits per heavy atom. The molecule has 7 heteroatoms. The van der Waals surface area contributed by atoms with Crippen LogP contribution in [0.2, 0.25) is 0 Å². The van der Waals surface area contributed by atoms with Crippen LogP contribution in [0.5, 0.6) is 0 Å². The summed E-state index contributed by atoms with van der Waals surface area (Å²) in [6, 6.07) is 0. The summed E-state index contributed by atoms with van der Waals surface area (Å²) in [5.74, 6) is 1.00. The van der Waals surface area contributed by atoms with Crippen LogP contribution in [-0.2, 0) is 0 Å². The number of amidine groups is 1. The lowest BCUT2D eigenvalue weighted by Gasteiger charge is -2.05. The van der Waals surface area contributed by atoms with Gasteiger partial charge in [-0.15, -0.1) is 5.10 Å². The van der Waals surface area contributed by atoms with Crippen LogP contribution in [0.3, 0.4) is 0 Å². The van der Waals surface area contributed by atoms with Gasteiger partial charge < -0.3 is 10.9 Å². The van der Waals surface area contributed by atoms with E-state index in [-0.39, 0.29) is 11.1 Å². The molecule has 6 nitrogen and oxygen atoms in total. The van der Waals surface area contributed by atoms with Gasteiger partial charge in [0.1, 0.15) is 11.7 Å². The molecule has 1 rings (SSSR count). The van der Waals surface area contributed by atoms with E-state index in [0.717, 1.165) is 5.82 Å². The molecule has 0 amide bonds. The quantitative estimate of drug-likeness (QED) is 0.226. The van der Waals surface area contributed by atoms with Gasteiger partial charge in [0.15, 0.2) is 0 Å². The van der Waals surface area contributed by atoms with Crippen LogP contribution in [0.15, 0.2) is 10.3 Å². The lowest BCUT2D eigenvalue weighted by Crippen LogP contribution is -2.16. The first-order chi connectivity index (χ1) is 6.61. The number of hydrogen-bond acceptors (Lipinski definition) is 5. The lowest BCUT2D eigenvalue weighted by atomic mass is 10.3. The summed E-state index contributed by atoms with van der Waals surface area (Å²) in [6.45, 7) is 3.81. The van der Waals surface area contributed by atoms with Crippen LogP contribution in [0.1, 0.15) is 19.2 Å². The summed E-state index contributed by atoms with van der Waals surface area (Å²) in [4.78, 5) is 4.14. The molecule has 1 aromatic heterocycles. The highest BCUT2D eigenvalue weighted by Gasteiger charge is 2.10. The van der Waals surface area contributed by atoms with Crippen molar-refractivity contribution in [2.45, 2.75) is 30.7 Å². The van der Waals surface area contributed by atoms with Crippen molar-refractivity contribution in [1.82, 2.24) is 15.2 Å². The first-order valence-corrected chi connectivity index (χ1v) is 5.02. The summed E-state index contributed by atoms with van der Waals surface area (Å²) >= 11 is 1.48. The predicted octanol–water partition coefficient (Wildman–Crippen LogP) is 0.730. The van der Waals surface area contributed by atoms with Gasteiger partial charge in [-0.2, -0.15) is 0 Å². The molecule has 0 bridgehead atoms. The third-order valence-corrected chi connectivity index (χ3v) is 2.47. The number of aromatic amines is 1. The molecule has 0 spiro atoms. The number of thioether (sulfide) groups is 1. The minimum Gasteiger partial charge on any atom is -0.409 e. The Balaban J connectivity index is 2.45. The van der Waals surface area contributed by atoms with E-state index < -0.39 is 0 Å². The number of nitrogens with one attached hydrogen (secondary N) is 1. The maximum atomic E-state index is 8.37. The average molecular weight is 215 g/mol. The van der Waals surface area contributed by atoms with Crippen molar-refractivity contribution < 1.29 is 5.21 Å². The maximum Gasteiger partial charge on any atom is 0.208 e. The number of nitrogens with two attached hydrogens (primary N) is 1. The van der Waals surface area contributed by atoms with E-state index in [1.165, 1.54) is 11.8 Å². The standard InChI is InChI=1S/C7H13N5OS/c1-4(3-6(8)12-13)14-7-9-5(2)10-11-7/h4,13H,3H2,1-2H3,(H2,8,12)(H,9,10,11). The van der Waals surface area contributed by atoms with Gasteiger partial charge in [-0.05, 0) is 6.92 Å². The van der Waals surface area contributed by atoms with E-state index >= 15 is 0 Å². The molecule has 1 heterocycles. The van der Waals surface area contributed by atoms with Gasteiger partial charge in [0.05, 0.1) is 0 Å². The fourth-order valence-corrected chi connectivity index (χ4v) is 1.83. The van der Waals surface area contributed by atoms with Gasteiger partial charge in [-0.25, -0.2) is 4.98 Å². The van der Waals surface area contributed by atoms with Crippen LogP contribution >= 0.6 is 11.8 Å². The summed E-state index contributed by atoms with van der Waals surface area (Å²) in [5.41, 5.74) is 5.37. The molecular formula is C7H13N5OS. The molecule has 1 atom stereocenters. The Hall–Kier alpha value is -1.24.